The highest BCUT2D eigenvalue weighted by Gasteiger charge is 2.68. The number of rotatable bonds is 4. The van der Waals surface area contributed by atoms with Crippen LogP contribution in [0.2, 0.25) is 0 Å². The Balaban J connectivity index is 1.76. The molecule has 0 saturated heterocycles. The molecule has 0 heterocycles. The van der Waals surface area contributed by atoms with E-state index in [1.165, 1.54) is 30.6 Å². The molecule has 4 fully saturated rings. The monoisotopic (exact) mass is 301 g/mol. The first-order valence-electron chi connectivity index (χ1n) is 7.94. The zero-order chi connectivity index (χ0) is 14.7. The van der Waals surface area contributed by atoms with Crippen LogP contribution in [0, 0.1) is 23.2 Å². The van der Waals surface area contributed by atoms with Crippen LogP contribution >= 0.6 is 11.8 Å². The van der Waals surface area contributed by atoms with E-state index < -0.39 is 0 Å². The molecule has 5 unspecified atom stereocenters. The number of carbonyl (C=O) groups is 1. The number of nitrogens with two attached hydrogens (primary N) is 1. The van der Waals surface area contributed by atoms with Crippen molar-refractivity contribution in [3.8, 4) is 0 Å². The van der Waals surface area contributed by atoms with Crippen molar-refractivity contribution in [1.29, 1.82) is 0 Å². The highest BCUT2D eigenvalue weighted by molar-refractivity contribution is 7.98. The third-order valence-corrected chi connectivity index (χ3v) is 7.36. The maximum Gasteiger partial charge on any atom is 0.221 e. The first-order chi connectivity index (χ1) is 10.1. The molecule has 4 saturated carbocycles. The quantitative estimate of drug-likeness (QED) is 0.928. The summed E-state index contributed by atoms with van der Waals surface area (Å²) in [4.78, 5) is 12.0. The molecule has 21 heavy (non-hydrogen) atoms. The molecular weight excluding hydrogens is 278 g/mol. The number of benzene rings is 1. The SMILES string of the molecule is CSCC12CC3CC(c4ccccc4)(CC1C3C(N)=O)C2. The topological polar surface area (TPSA) is 43.1 Å². The Labute approximate surface area is 130 Å². The zero-order valence-corrected chi connectivity index (χ0v) is 13.4. The van der Waals surface area contributed by atoms with Gasteiger partial charge >= 0.3 is 0 Å². The van der Waals surface area contributed by atoms with E-state index in [4.69, 9.17) is 5.73 Å². The summed E-state index contributed by atoms with van der Waals surface area (Å²) in [5.41, 5.74) is 7.93. The second kappa shape index (κ2) is 4.52. The normalized spacial score (nSPS) is 43.4. The van der Waals surface area contributed by atoms with Crippen LogP contribution in [-0.2, 0) is 10.2 Å². The van der Waals surface area contributed by atoms with Crippen LogP contribution in [0.1, 0.15) is 31.2 Å². The Morgan fingerprint density at radius 2 is 2.05 bits per heavy atom. The van der Waals surface area contributed by atoms with E-state index in [2.05, 4.69) is 36.6 Å². The van der Waals surface area contributed by atoms with E-state index >= 15 is 0 Å². The molecule has 4 aliphatic rings. The van der Waals surface area contributed by atoms with Crippen molar-refractivity contribution in [3.05, 3.63) is 35.9 Å². The minimum Gasteiger partial charge on any atom is -0.369 e. The zero-order valence-electron chi connectivity index (χ0n) is 12.5. The fraction of sp³-hybridized carbons (Fsp3) is 0.611. The number of hydrogen-bond acceptors (Lipinski definition) is 2. The average molecular weight is 301 g/mol. The van der Waals surface area contributed by atoms with Crippen molar-refractivity contribution in [1.82, 2.24) is 0 Å². The average Bonchev–Trinajstić information content (AvgIpc) is 2.82. The van der Waals surface area contributed by atoms with Crippen molar-refractivity contribution in [2.45, 2.75) is 31.1 Å². The number of primary amides is 1. The molecule has 4 bridgehead atoms. The van der Waals surface area contributed by atoms with E-state index in [0.717, 1.165) is 6.42 Å². The Morgan fingerprint density at radius 1 is 1.29 bits per heavy atom. The Kier molecular flexibility index (Phi) is 2.94. The second-order valence-electron chi connectivity index (χ2n) is 7.53. The molecule has 0 aromatic heterocycles. The molecule has 112 valence electrons. The summed E-state index contributed by atoms with van der Waals surface area (Å²) in [6.45, 7) is 0. The molecule has 0 aliphatic heterocycles. The summed E-state index contributed by atoms with van der Waals surface area (Å²) >= 11 is 1.94. The summed E-state index contributed by atoms with van der Waals surface area (Å²) in [5, 5.41) is 0. The maximum atomic E-state index is 12.0. The number of thioether (sulfide) groups is 1. The Bertz CT molecular complexity index is 574. The first-order valence-corrected chi connectivity index (χ1v) is 9.33. The lowest BCUT2D eigenvalue weighted by molar-refractivity contribution is -0.125. The predicted octanol–water partition coefficient (Wildman–Crippen LogP) is 3.21. The molecule has 1 aromatic carbocycles. The van der Waals surface area contributed by atoms with E-state index in [1.807, 2.05) is 11.8 Å². The smallest absolute Gasteiger partial charge is 0.221 e. The van der Waals surface area contributed by atoms with E-state index in [0.29, 0.717) is 22.7 Å². The van der Waals surface area contributed by atoms with Crippen molar-refractivity contribution in [2.24, 2.45) is 28.9 Å². The fourth-order valence-electron chi connectivity index (χ4n) is 6.14. The van der Waals surface area contributed by atoms with Crippen molar-refractivity contribution in [2.75, 3.05) is 12.0 Å². The minimum atomic E-state index is -0.0449. The molecular formula is C18H23NOS. The second-order valence-corrected chi connectivity index (χ2v) is 8.39. The lowest BCUT2D eigenvalue weighted by Crippen LogP contribution is -2.40. The van der Waals surface area contributed by atoms with E-state index in [9.17, 15) is 4.79 Å². The van der Waals surface area contributed by atoms with Crippen molar-refractivity contribution >= 4 is 17.7 Å². The third kappa shape index (κ3) is 1.76. The van der Waals surface area contributed by atoms with Crippen LogP contribution in [-0.4, -0.2) is 17.9 Å². The number of carbonyl (C=O) groups excluding carboxylic acids is 1. The lowest BCUT2D eigenvalue weighted by atomic mass is 9.62. The molecule has 0 spiro atoms. The molecule has 1 aromatic rings. The summed E-state index contributed by atoms with van der Waals surface area (Å²) < 4.78 is 0. The highest BCUT2D eigenvalue weighted by atomic mass is 32.2. The Morgan fingerprint density at radius 3 is 2.71 bits per heavy atom. The highest BCUT2D eigenvalue weighted by Crippen LogP contribution is 2.73. The molecule has 5 rings (SSSR count). The van der Waals surface area contributed by atoms with Crippen molar-refractivity contribution in [3.63, 3.8) is 0 Å². The number of amides is 1. The molecule has 0 radical (unpaired) electrons. The Hall–Kier alpha value is -0.960. The fourth-order valence-corrected chi connectivity index (χ4v) is 7.15. The molecule has 2 N–H and O–H groups in total. The van der Waals surface area contributed by atoms with Gasteiger partial charge in [0.05, 0.1) is 0 Å². The summed E-state index contributed by atoms with van der Waals surface area (Å²) in [7, 11) is 0. The molecule has 4 aliphatic carbocycles. The van der Waals surface area contributed by atoms with Crippen LogP contribution in [0.4, 0.5) is 0 Å². The van der Waals surface area contributed by atoms with E-state index in [1.54, 1.807) is 0 Å². The molecule has 3 heteroatoms. The maximum absolute atomic E-state index is 12.0. The summed E-state index contributed by atoms with van der Waals surface area (Å²) in [6, 6.07) is 11.0. The van der Waals surface area contributed by atoms with E-state index in [-0.39, 0.29) is 11.8 Å². The van der Waals surface area contributed by atoms with Gasteiger partial charge in [-0.1, -0.05) is 30.3 Å². The van der Waals surface area contributed by atoms with Crippen LogP contribution in [0.3, 0.4) is 0 Å². The summed E-state index contributed by atoms with van der Waals surface area (Å²) in [6.07, 6.45) is 7.01. The van der Waals surface area contributed by atoms with Crippen LogP contribution in [0.25, 0.3) is 0 Å². The van der Waals surface area contributed by atoms with Gasteiger partial charge in [0.15, 0.2) is 0 Å². The minimum absolute atomic E-state index is 0.0449. The molecule has 1 amide bonds. The van der Waals surface area contributed by atoms with Crippen molar-refractivity contribution < 1.29 is 4.79 Å². The van der Waals surface area contributed by atoms with Gasteiger partial charge in [-0.05, 0) is 65.9 Å². The van der Waals surface area contributed by atoms with Gasteiger partial charge in [0, 0.05) is 5.92 Å². The largest absolute Gasteiger partial charge is 0.369 e. The van der Waals surface area contributed by atoms with Gasteiger partial charge in [-0.3, -0.25) is 4.79 Å². The van der Waals surface area contributed by atoms with Crippen LogP contribution < -0.4 is 5.73 Å². The number of hydrogen-bond donors (Lipinski definition) is 1. The predicted molar refractivity (Wildman–Crippen MR) is 87.1 cm³/mol. The van der Waals surface area contributed by atoms with Gasteiger partial charge in [-0.25, -0.2) is 0 Å². The van der Waals surface area contributed by atoms with Gasteiger partial charge in [0.25, 0.3) is 0 Å². The molecule has 5 atom stereocenters. The third-order valence-electron chi connectivity index (χ3n) is 6.50. The van der Waals surface area contributed by atoms with Crippen LogP contribution in [0.5, 0.6) is 0 Å². The lowest BCUT2D eigenvalue weighted by Gasteiger charge is -2.42. The standard InChI is InChI=1S/C18H23NOS/c1-21-11-18-8-12-7-17(10-18,13-5-3-2-4-6-13)9-14(18)15(12)16(19)20/h2-6,12,14-15H,7-11H2,1H3,(H2,19,20). The van der Waals surface area contributed by atoms with Gasteiger partial charge in [-0.2, -0.15) is 11.8 Å². The molecule has 2 nitrogen and oxygen atoms in total. The van der Waals surface area contributed by atoms with Crippen LogP contribution in [0.15, 0.2) is 30.3 Å². The van der Waals surface area contributed by atoms with Gasteiger partial charge in [-0.15, -0.1) is 0 Å². The van der Waals surface area contributed by atoms with Gasteiger partial charge in [0.2, 0.25) is 5.91 Å². The van der Waals surface area contributed by atoms with Gasteiger partial charge in [0.1, 0.15) is 0 Å². The van der Waals surface area contributed by atoms with Gasteiger partial charge < -0.3 is 5.73 Å². The summed E-state index contributed by atoms with van der Waals surface area (Å²) in [5.74, 6) is 2.31. The first kappa shape index (κ1) is 13.7.